The lowest BCUT2D eigenvalue weighted by atomic mass is 9.88. The van der Waals surface area contributed by atoms with Gasteiger partial charge in [0, 0.05) is 31.8 Å². The van der Waals surface area contributed by atoms with Gasteiger partial charge in [0.25, 0.3) is 0 Å². The first-order valence-electron chi connectivity index (χ1n) is 14.4. The predicted octanol–water partition coefficient (Wildman–Crippen LogP) is 3.65. The minimum absolute atomic E-state index is 0.0387. The summed E-state index contributed by atoms with van der Waals surface area (Å²) in [5.41, 5.74) is -0.666. The molecule has 0 bridgehead atoms. The number of methoxy groups -OCH3 is 1. The number of hydrogen-bond acceptors (Lipinski definition) is 9. The van der Waals surface area contributed by atoms with E-state index in [-0.39, 0.29) is 55.3 Å². The first-order valence-corrected chi connectivity index (χ1v) is 14.4. The number of rotatable bonds is 10. The zero-order valence-corrected chi connectivity index (χ0v) is 25.3. The van der Waals surface area contributed by atoms with Crippen LogP contribution in [0.3, 0.4) is 0 Å². The number of allylic oxidation sites excluding steroid dienone is 2. The quantitative estimate of drug-likeness (QED) is 0.157. The highest BCUT2D eigenvalue weighted by Crippen LogP contribution is 2.37. The molecule has 0 spiro atoms. The summed E-state index contributed by atoms with van der Waals surface area (Å²) >= 11 is 0. The number of carbonyl (C=O) groups excluding carboxylic acids is 2. The van der Waals surface area contributed by atoms with Crippen molar-refractivity contribution in [2.75, 3.05) is 7.11 Å². The van der Waals surface area contributed by atoms with Crippen molar-refractivity contribution in [1.82, 2.24) is 0 Å². The lowest BCUT2D eigenvalue weighted by molar-refractivity contribution is -0.157. The van der Waals surface area contributed by atoms with Crippen molar-refractivity contribution in [3.63, 3.8) is 0 Å². The van der Waals surface area contributed by atoms with Gasteiger partial charge in [0.2, 0.25) is 0 Å². The van der Waals surface area contributed by atoms with Crippen LogP contribution in [0.2, 0.25) is 0 Å². The Kier molecular flexibility index (Phi) is 13.0. The van der Waals surface area contributed by atoms with Crippen molar-refractivity contribution in [3.8, 4) is 0 Å². The number of epoxide rings is 1. The normalized spacial score (nSPS) is 36.0. The van der Waals surface area contributed by atoms with Crippen molar-refractivity contribution < 1.29 is 43.9 Å². The zero-order valence-electron chi connectivity index (χ0n) is 25.3. The van der Waals surface area contributed by atoms with Crippen LogP contribution < -0.4 is 0 Å². The number of aliphatic hydroxyl groups is 3. The Bertz CT molecular complexity index is 920. The van der Waals surface area contributed by atoms with Gasteiger partial charge in [-0.25, -0.2) is 0 Å². The van der Waals surface area contributed by atoms with Crippen molar-refractivity contribution in [3.05, 3.63) is 36.0 Å². The minimum atomic E-state index is -1.42. The van der Waals surface area contributed by atoms with Crippen LogP contribution in [0.1, 0.15) is 74.1 Å². The molecule has 2 rings (SSSR count). The number of aliphatic hydroxyl groups excluding tert-OH is 2. The second-order valence-electron chi connectivity index (χ2n) is 11.7. The van der Waals surface area contributed by atoms with E-state index < -0.39 is 42.0 Å². The van der Waals surface area contributed by atoms with Crippen molar-refractivity contribution in [1.29, 1.82) is 0 Å². The SMILES string of the molecule is CC[C@H](OC)[C@@H](C)[C@@H]1O[C@@H]1[C@@H](O)[C@@H](C)/C=C/C=C(\C)[C@H]1OC(=O)C[C@H](O)CC[C@@](C)(O)[C@@H](OC(C)=O)/C=C/[C@@H]1C. The number of ether oxygens (including phenoxy) is 4. The Balaban J connectivity index is 2.16. The van der Waals surface area contributed by atoms with Gasteiger partial charge in [0.05, 0.1) is 30.8 Å². The van der Waals surface area contributed by atoms with Crippen LogP contribution in [-0.4, -0.2) is 82.7 Å². The molecule has 2 aliphatic rings. The molecule has 0 aromatic heterocycles. The Labute approximate surface area is 239 Å². The van der Waals surface area contributed by atoms with Crippen LogP contribution >= 0.6 is 0 Å². The highest BCUT2D eigenvalue weighted by atomic mass is 16.6. The Hall–Kier alpha value is -2.04. The van der Waals surface area contributed by atoms with Gasteiger partial charge in [-0.2, -0.15) is 0 Å². The van der Waals surface area contributed by atoms with E-state index in [1.807, 2.05) is 39.0 Å². The molecule has 2 heterocycles. The molecular formula is C31H50O9. The molecule has 11 atom stereocenters. The fourth-order valence-corrected chi connectivity index (χ4v) is 5.32. The summed E-state index contributed by atoms with van der Waals surface area (Å²) in [6.07, 6.45) is 6.42. The molecule has 40 heavy (non-hydrogen) atoms. The van der Waals surface area contributed by atoms with Crippen molar-refractivity contribution in [2.45, 2.75) is 122 Å². The van der Waals surface area contributed by atoms with Gasteiger partial charge in [0.15, 0.2) is 0 Å². The highest BCUT2D eigenvalue weighted by Gasteiger charge is 2.50. The summed E-state index contributed by atoms with van der Waals surface area (Å²) in [6, 6.07) is 0. The third-order valence-electron chi connectivity index (χ3n) is 8.09. The maximum Gasteiger partial charge on any atom is 0.309 e. The molecule has 0 aliphatic carbocycles. The van der Waals surface area contributed by atoms with Gasteiger partial charge < -0.3 is 34.3 Å². The maximum absolute atomic E-state index is 12.6. The van der Waals surface area contributed by atoms with Gasteiger partial charge >= 0.3 is 11.9 Å². The van der Waals surface area contributed by atoms with Gasteiger partial charge in [-0.15, -0.1) is 0 Å². The second-order valence-corrected chi connectivity index (χ2v) is 11.7. The molecule has 0 radical (unpaired) electrons. The van der Waals surface area contributed by atoms with E-state index in [0.717, 1.165) is 12.0 Å². The van der Waals surface area contributed by atoms with Crippen LogP contribution in [0, 0.1) is 17.8 Å². The Morgan fingerprint density at radius 1 is 1.25 bits per heavy atom. The second kappa shape index (κ2) is 15.3. The van der Waals surface area contributed by atoms with Crippen LogP contribution in [-0.2, 0) is 28.5 Å². The first kappa shape index (κ1) is 34.2. The van der Waals surface area contributed by atoms with Crippen LogP contribution in [0.4, 0.5) is 0 Å². The van der Waals surface area contributed by atoms with E-state index in [0.29, 0.717) is 0 Å². The third kappa shape index (κ3) is 9.80. The topological polar surface area (TPSA) is 135 Å². The van der Waals surface area contributed by atoms with E-state index in [4.69, 9.17) is 18.9 Å². The molecule has 0 amide bonds. The minimum Gasteiger partial charge on any atom is -0.457 e. The molecule has 228 valence electrons. The van der Waals surface area contributed by atoms with Crippen LogP contribution in [0.25, 0.3) is 0 Å². The van der Waals surface area contributed by atoms with E-state index in [2.05, 4.69) is 13.8 Å². The number of cyclic esters (lactones) is 1. The van der Waals surface area contributed by atoms with E-state index in [9.17, 15) is 24.9 Å². The average Bonchev–Trinajstić information content (AvgIpc) is 3.68. The van der Waals surface area contributed by atoms with E-state index in [1.165, 1.54) is 6.92 Å². The molecular weight excluding hydrogens is 516 g/mol. The van der Waals surface area contributed by atoms with E-state index >= 15 is 0 Å². The summed E-state index contributed by atoms with van der Waals surface area (Å²) in [5.74, 6) is -1.39. The van der Waals surface area contributed by atoms with Crippen molar-refractivity contribution >= 4 is 11.9 Å². The first-order chi connectivity index (χ1) is 18.7. The molecule has 9 heteroatoms. The maximum atomic E-state index is 12.6. The summed E-state index contributed by atoms with van der Waals surface area (Å²) < 4.78 is 22.5. The highest BCUT2D eigenvalue weighted by molar-refractivity contribution is 5.70. The zero-order chi connectivity index (χ0) is 30.2. The van der Waals surface area contributed by atoms with Crippen LogP contribution in [0.5, 0.6) is 0 Å². The lowest BCUT2D eigenvalue weighted by Crippen LogP contribution is -2.42. The molecule has 9 nitrogen and oxygen atoms in total. The predicted molar refractivity (Wildman–Crippen MR) is 151 cm³/mol. The third-order valence-corrected chi connectivity index (χ3v) is 8.09. The van der Waals surface area contributed by atoms with Gasteiger partial charge in [0.1, 0.15) is 23.9 Å². The van der Waals surface area contributed by atoms with Gasteiger partial charge in [-0.3, -0.25) is 9.59 Å². The largest absolute Gasteiger partial charge is 0.457 e. The van der Waals surface area contributed by atoms with Gasteiger partial charge in [-0.1, -0.05) is 52.0 Å². The number of esters is 2. The molecule has 0 saturated carbocycles. The molecule has 1 saturated heterocycles. The number of carbonyl (C=O) groups is 2. The Morgan fingerprint density at radius 3 is 2.52 bits per heavy atom. The molecule has 0 aromatic rings. The Morgan fingerprint density at radius 2 is 1.93 bits per heavy atom. The van der Waals surface area contributed by atoms with Crippen LogP contribution in [0.15, 0.2) is 36.0 Å². The standard InChI is InChI=1S/C31H50O9/c1-9-24(37-8)21(5)29-30(40-29)27(35)18(2)11-10-12-19(3)28-20(4)13-14-25(38-22(6)32)31(7,36)16-15-23(33)17-26(34)39-28/h10-14,18,20-21,23-25,27-30,33,35-36H,9,15-17H2,1-8H3/b11-10+,14-13+,19-12+/t18-,20-,21+,23+,24-,25-,27-,28+,29-,30+,31+/m0/s1. The van der Waals surface area contributed by atoms with Gasteiger partial charge in [-0.05, 0) is 44.8 Å². The van der Waals surface area contributed by atoms with Crippen molar-refractivity contribution in [2.24, 2.45) is 17.8 Å². The lowest BCUT2D eigenvalue weighted by Gasteiger charge is -2.32. The molecule has 1 fully saturated rings. The molecule has 0 unspecified atom stereocenters. The molecule has 2 aliphatic heterocycles. The summed E-state index contributed by atoms with van der Waals surface area (Å²) in [5, 5.41) is 32.2. The molecule has 0 aromatic carbocycles. The summed E-state index contributed by atoms with van der Waals surface area (Å²) in [6.45, 7) is 12.6. The van der Waals surface area contributed by atoms with E-state index in [1.54, 1.807) is 26.2 Å². The summed E-state index contributed by atoms with van der Waals surface area (Å²) in [4.78, 5) is 24.3. The molecule has 3 N–H and O–H groups in total. The average molecular weight is 567 g/mol. The smallest absolute Gasteiger partial charge is 0.309 e. The fraction of sp³-hybridized carbons (Fsp3) is 0.742. The fourth-order valence-electron chi connectivity index (χ4n) is 5.32. The monoisotopic (exact) mass is 566 g/mol. The number of hydrogen-bond donors (Lipinski definition) is 3. The summed E-state index contributed by atoms with van der Waals surface area (Å²) in [7, 11) is 1.69.